The highest BCUT2D eigenvalue weighted by Crippen LogP contribution is 2.30. The summed E-state index contributed by atoms with van der Waals surface area (Å²) in [6.45, 7) is 12.4. The molecule has 0 radical (unpaired) electrons. The zero-order valence-electron chi connectivity index (χ0n) is 11.8. The molecular weight excluding hydrogens is 242 g/mol. The molecule has 3 nitrogen and oxygen atoms in total. The van der Waals surface area contributed by atoms with Crippen LogP contribution in [0.2, 0.25) is 19.6 Å². The van der Waals surface area contributed by atoms with Gasteiger partial charge in [0.05, 0.1) is 27.6 Å². The Kier molecular flexibility index (Phi) is 4.64. The van der Waals surface area contributed by atoms with Crippen molar-refractivity contribution >= 4 is 8.07 Å². The summed E-state index contributed by atoms with van der Waals surface area (Å²) >= 11 is 0. The summed E-state index contributed by atoms with van der Waals surface area (Å²) < 4.78 is 11.0. The van der Waals surface area contributed by atoms with E-state index in [1.807, 2.05) is 6.07 Å². The van der Waals surface area contributed by atoms with Gasteiger partial charge in [-0.15, -0.1) is 0 Å². The molecule has 0 aliphatic carbocycles. The molecule has 0 saturated carbocycles. The Morgan fingerprint density at radius 2 is 2.00 bits per heavy atom. The van der Waals surface area contributed by atoms with Crippen LogP contribution in [-0.4, -0.2) is 45.8 Å². The predicted octanol–water partition coefficient (Wildman–Crippen LogP) is 2.96. The maximum Gasteiger partial charge on any atom is 0.104 e. The van der Waals surface area contributed by atoms with E-state index in [-0.39, 0.29) is 0 Å². The van der Waals surface area contributed by atoms with Crippen molar-refractivity contribution in [3.63, 3.8) is 0 Å². The molecule has 1 saturated heterocycles. The van der Waals surface area contributed by atoms with E-state index in [1.165, 1.54) is 18.7 Å². The van der Waals surface area contributed by atoms with Crippen LogP contribution in [0.5, 0.6) is 0 Å². The highest BCUT2D eigenvalue weighted by atomic mass is 28.3. The standard InChI is InChI=1S/C14H25NO2Si/c1-18(2,3)14(13-5-4-10-17-13)6-7-15-8-11-16-12-9-15/h4-5,10,14H,6-9,11-12H2,1-3H3. The average molecular weight is 267 g/mol. The molecule has 18 heavy (non-hydrogen) atoms. The van der Waals surface area contributed by atoms with Gasteiger partial charge in [-0.2, -0.15) is 0 Å². The molecule has 0 spiro atoms. The summed E-state index contributed by atoms with van der Waals surface area (Å²) in [6, 6.07) is 4.15. The van der Waals surface area contributed by atoms with E-state index in [2.05, 4.69) is 30.6 Å². The minimum Gasteiger partial charge on any atom is -0.469 e. The first-order valence-electron chi connectivity index (χ1n) is 6.91. The van der Waals surface area contributed by atoms with Gasteiger partial charge < -0.3 is 9.15 Å². The second kappa shape index (κ2) is 6.04. The Labute approximate surface area is 111 Å². The van der Waals surface area contributed by atoms with Crippen molar-refractivity contribution in [2.24, 2.45) is 0 Å². The molecule has 1 aromatic rings. The Morgan fingerprint density at radius 1 is 1.28 bits per heavy atom. The third kappa shape index (κ3) is 3.70. The van der Waals surface area contributed by atoms with Gasteiger partial charge in [-0.25, -0.2) is 0 Å². The molecule has 0 aromatic carbocycles. The second-order valence-electron chi connectivity index (χ2n) is 6.18. The lowest BCUT2D eigenvalue weighted by molar-refractivity contribution is 0.0370. The second-order valence-corrected chi connectivity index (χ2v) is 11.6. The van der Waals surface area contributed by atoms with Crippen molar-refractivity contribution in [3.8, 4) is 0 Å². The molecule has 4 heteroatoms. The molecule has 0 N–H and O–H groups in total. The topological polar surface area (TPSA) is 25.6 Å². The fraction of sp³-hybridized carbons (Fsp3) is 0.714. The third-order valence-electron chi connectivity index (χ3n) is 3.77. The minimum atomic E-state index is -1.23. The number of furan rings is 1. The molecule has 1 atom stereocenters. The highest BCUT2D eigenvalue weighted by Gasteiger charge is 2.30. The fourth-order valence-electron chi connectivity index (χ4n) is 2.63. The van der Waals surface area contributed by atoms with E-state index < -0.39 is 8.07 Å². The number of hydrogen-bond acceptors (Lipinski definition) is 3. The van der Waals surface area contributed by atoms with Gasteiger partial charge in [0.2, 0.25) is 0 Å². The Morgan fingerprint density at radius 3 is 2.56 bits per heavy atom. The van der Waals surface area contributed by atoms with Crippen molar-refractivity contribution in [1.82, 2.24) is 4.90 Å². The number of hydrogen-bond donors (Lipinski definition) is 0. The molecule has 1 fully saturated rings. The van der Waals surface area contributed by atoms with E-state index in [0.29, 0.717) is 5.54 Å². The number of nitrogens with zero attached hydrogens (tertiary/aromatic N) is 1. The van der Waals surface area contributed by atoms with Crippen LogP contribution in [0.15, 0.2) is 22.8 Å². The van der Waals surface area contributed by atoms with Gasteiger partial charge in [-0.3, -0.25) is 4.90 Å². The van der Waals surface area contributed by atoms with Gasteiger partial charge in [0.25, 0.3) is 0 Å². The molecule has 1 unspecified atom stereocenters. The van der Waals surface area contributed by atoms with E-state index in [0.717, 1.165) is 26.3 Å². The number of rotatable bonds is 5. The van der Waals surface area contributed by atoms with Gasteiger partial charge in [0, 0.05) is 18.6 Å². The summed E-state index contributed by atoms with van der Waals surface area (Å²) in [5, 5.41) is 0. The number of morpholine rings is 1. The SMILES string of the molecule is C[Si](C)(C)C(CCN1CCOCC1)c1ccco1. The van der Waals surface area contributed by atoms with E-state index in [4.69, 9.17) is 9.15 Å². The van der Waals surface area contributed by atoms with Crippen LogP contribution in [0.25, 0.3) is 0 Å². The van der Waals surface area contributed by atoms with Crippen molar-refractivity contribution < 1.29 is 9.15 Å². The predicted molar refractivity (Wildman–Crippen MR) is 76.7 cm³/mol. The highest BCUT2D eigenvalue weighted by molar-refractivity contribution is 6.77. The van der Waals surface area contributed by atoms with E-state index in [1.54, 1.807) is 6.26 Å². The van der Waals surface area contributed by atoms with Crippen molar-refractivity contribution in [2.45, 2.75) is 31.6 Å². The van der Waals surface area contributed by atoms with Gasteiger partial charge in [0.15, 0.2) is 0 Å². The molecule has 1 aromatic heterocycles. The Bertz CT molecular complexity index is 339. The average Bonchev–Trinajstić information content (AvgIpc) is 2.82. The van der Waals surface area contributed by atoms with Crippen LogP contribution in [-0.2, 0) is 4.74 Å². The molecule has 102 valence electrons. The zero-order chi connectivity index (χ0) is 13.0. The monoisotopic (exact) mass is 267 g/mol. The quantitative estimate of drug-likeness (QED) is 0.767. The molecule has 1 aliphatic heterocycles. The fourth-order valence-corrected chi connectivity index (χ4v) is 4.64. The number of ether oxygens (including phenoxy) is 1. The largest absolute Gasteiger partial charge is 0.469 e. The van der Waals surface area contributed by atoms with Crippen molar-refractivity contribution in [1.29, 1.82) is 0 Å². The van der Waals surface area contributed by atoms with Gasteiger partial charge >= 0.3 is 0 Å². The van der Waals surface area contributed by atoms with Crippen LogP contribution in [0.3, 0.4) is 0 Å². The maximum atomic E-state index is 5.65. The lowest BCUT2D eigenvalue weighted by Crippen LogP contribution is -2.39. The molecular formula is C14H25NO2Si. The first-order valence-corrected chi connectivity index (χ1v) is 10.5. The molecule has 0 amide bonds. The molecule has 0 bridgehead atoms. The maximum absolute atomic E-state index is 5.65. The summed E-state index contributed by atoms with van der Waals surface area (Å²) in [7, 11) is -1.23. The van der Waals surface area contributed by atoms with E-state index in [9.17, 15) is 0 Å². The first kappa shape index (κ1) is 13.8. The Hall–Kier alpha value is -0.583. The summed E-state index contributed by atoms with van der Waals surface area (Å²) in [6.07, 6.45) is 3.01. The van der Waals surface area contributed by atoms with Crippen molar-refractivity contribution in [2.75, 3.05) is 32.8 Å². The smallest absolute Gasteiger partial charge is 0.104 e. The molecule has 1 aliphatic rings. The van der Waals surface area contributed by atoms with Gasteiger partial charge in [-0.05, 0) is 25.1 Å². The minimum absolute atomic E-state index is 0.621. The lowest BCUT2D eigenvalue weighted by Gasteiger charge is -2.32. The van der Waals surface area contributed by atoms with Gasteiger partial charge in [-0.1, -0.05) is 19.6 Å². The van der Waals surface area contributed by atoms with Crippen LogP contribution in [0.1, 0.15) is 17.7 Å². The summed E-state index contributed by atoms with van der Waals surface area (Å²) in [5.41, 5.74) is 0.621. The summed E-state index contributed by atoms with van der Waals surface area (Å²) in [4.78, 5) is 2.51. The van der Waals surface area contributed by atoms with Crippen LogP contribution < -0.4 is 0 Å². The van der Waals surface area contributed by atoms with Crippen LogP contribution in [0, 0.1) is 0 Å². The zero-order valence-corrected chi connectivity index (χ0v) is 12.8. The van der Waals surface area contributed by atoms with Crippen LogP contribution >= 0.6 is 0 Å². The molecule has 2 rings (SSSR count). The normalized spacial score (nSPS) is 19.9. The first-order chi connectivity index (χ1) is 8.57. The summed E-state index contributed by atoms with van der Waals surface area (Å²) in [5.74, 6) is 1.18. The van der Waals surface area contributed by atoms with Crippen molar-refractivity contribution in [3.05, 3.63) is 24.2 Å². The van der Waals surface area contributed by atoms with Gasteiger partial charge in [0.1, 0.15) is 5.76 Å². The lowest BCUT2D eigenvalue weighted by atomic mass is 10.2. The Balaban J connectivity index is 1.93. The third-order valence-corrected chi connectivity index (χ3v) is 6.43. The van der Waals surface area contributed by atoms with Crippen LogP contribution in [0.4, 0.5) is 0 Å². The van der Waals surface area contributed by atoms with E-state index >= 15 is 0 Å². The molecule has 2 heterocycles.